The van der Waals surface area contributed by atoms with Crippen LogP contribution in [0.1, 0.15) is 127 Å². The van der Waals surface area contributed by atoms with Crippen LogP contribution in [0.2, 0.25) is 0 Å². The third-order valence-corrected chi connectivity index (χ3v) is 6.89. The van der Waals surface area contributed by atoms with Crippen LogP contribution in [0.5, 0.6) is 0 Å². The van der Waals surface area contributed by atoms with E-state index in [1.54, 1.807) is 0 Å². The Morgan fingerprint density at radius 2 is 1.18 bits per heavy atom. The summed E-state index contributed by atoms with van der Waals surface area (Å²) in [6.45, 7) is 11.3. The molecule has 0 aliphatic heterocycles. The van der Waals surface area contributed by atoms with E-state index < -0.39 is 0 Å². The van der Waals surface area contributed by atoms with E-state index in [2.05, 4.69) is 101 Å². The fourth-order valence-electron chi connectivity index (χ4n) is 4.64. The number of hydrogen-bond acceptors (Lipinski definition) is 0. The highest BCUT2D eigenvalue weighted by Crippen LogP contribution is 2.28. The van der Waals surface area contributed by atoms with Crippen molar-refractivity contribution in [2.45, 2.75) is 117 Å². The number of unbranched alkanes of at least 4 members (excludes halogenated alkanes) is 9. The lowest BCUT2D eigenvalue weighted by atomic mass is 9.92. The maximum atomic E-state index is 2.36. The van der Waals surface area contributed by atoms with Gasteiger partial charge in [0.1, 0.15) is 0 Å². The maximum absolute atomic E-state index is 2.36. The van der Waals surface area contributed by atoms with Crippen molar-refractivity contribution in [3.63, 3.8) is 0 Å². The summed E-state index contributed by atoms with van der Waals surface area (Å²) in [4.78, 5) is 0. The van der Waals surface area contributed by atoms with Gasteiger partial charge in [0.25, 0.3) is 0 Å². The number of hydrogen-bond donors (Lipinski definition) is 0. The highest BCUT2D eigenvalue weighted by molar-refractivity contribution is 5.86. The van der Waals surface area contributed by atoms with Crippen LogP contribution in [-0.2, 0) is 6.42 Å². The summed E-state index contributed by atoms with van der Waals surface area (Å²) in [5, 5.41) is 2.78. The van der Waals surface area contributed by atoms with Crippen LogP contribution < -0.4 is 0 Å². The van der Waals surface area contributed by atoms with Crippen molar-refractivity contribution in [3.8, 4) is 0 Å². The van der Waals surface area contributed by atoms with E-state index >= 15 is 0 Å². The molecule has 0 saturated carbocycles. The average Bonchev–Trinajstić information content (AvgIpc) is 2.85. The van der Waals surface area contributed by atoms with Gasteiger partial charge in [-0.25, -0.2) is 0 Å². The molecule has 0 aromatic heterocycles. The molecule has 0 radical (unpaired) electrons. The molecule has 0 aliphatic rings. The van der Waals surface area contributed by atoms with Crippen LogP contribution in [0.4, 0.5) is 0 Å². The number of aryl methyl sites for hydroxylation is 1. The van der Waals surface area contributed by atoms with Gasteiger partial charge < -0.3 is 0 Å². The lowest BCUT2D eigenvalue weighted by Gasteiger charge is -2.12. The third kappa shape index (κ3) is 10.5. The molecule has 0 aliphatic carbocycles. The first-order valence-corrected chi connectivity index (χ1v) is 14.1. The largest absolute Gasteiger partial charge is 0.0654 e. The van der Waals surface area contributed by atoms with E-state index in [1.165, 1.54) is 98.1 Å². The van der Waals surface area contributed by atoms with Crippen molar-refractivity contribution in [2.24, 2.45) is 0 Å². The Bertz CT molecular complexity index is 904. The Kier molecular flexibility index (Phi) is 13.7. The molecule has 186 valence electrons. The number of benzene rings is 3. The second kappa shape index (κ2) is 16.5. The van der Waals surface area contributed by atoms with Crippen LogP contribution in [0, 0.1) is 0 Å². The summed E-state index contributed by atoms with van der Waals surface area (Å²) in [5.74, 6) is 1.19. The van der Waals surface area contributed by atoms with Gasteiger partial charge in [-0.15, -0.1) is 0 Å². The fraction of sp³-hybridized carbons (Fsp3) is 0.529. The van der Waals surface area contributed by atoms with Gasteiger partial charge in [-0.05, 0) is 52.1 Å². The van der Waals surface area contributed by atoms with Gasteiger partial charge in [0.15, 0.2) is 0 Å². The van der Waals surface area contributed by atoms with E-state index in [1.807, 2.05) is 0 Å². The monoisotopic (exact) mass is 458 g/mol. The van der Waals surface area contributed by atoms with Gasteiger partial charge in [0.2, 0.25) is 0 Å². The van der Waals surface area contributed by atoms with Crippen molar-refractivity contribution in [2.75, 3.05) is 0 Å². The highest BCUT2D eigenvalue weighted by atomic mass is 14.1. The molecule has 0 amide bonds. The minimum atomic E-state index is 0.589. The van der Waals surface area contributed by atoms with Crippen molar-refractivity contribution < 1.29 is 0 Å². The average molecular weight is 459 g/mol. The molecule has 0 atom stereocenters. The smallest absolute Gasteiger partial charge is 0.0146 e. The Labute approximate surface area is 211 Å². The molecule has 3 rings (SSSR count). The minimum Gasteiger partial charge on any atom is -0.0654 e. The number of rotatable bonds is 13. The summed E-state index contributed by atoms with van der Waals surface area (Å²) >= 11 is 0. The lowest BCUT2D eigenvalue weighted by molar-refractivity contribution is 0.556. The van der Waals surface area contributed by atoms with Gasteiger partial charge in [-0.3, -0.25) is 0 Å². The van der Waals surface area contributed by atoms with Gasteiger partial charge in [-0.2, -0.15) is 0 Å². The first-order valence-electron chi connectivity index (χ1n) is 14.1. The van der Waals surface area contributed by atoms with E-state index in [0.29, 0.717) is 11.8 Å². The van der Waals surface area contributed by atoms with Gasteiger partial charge in [0.05, 0.1) is 0 Å². The first-order chi connectivity index (χ1) is 16.5. The maximum Gasteiger partial charge on any atom is -0.0146 e. The summed E-state index contributed by atoms with van der Waals surface area (Å²) in [6, 6.07) is 24.3. The van der Waals surface area contributed by atoms with E-state index in [0.717, 1.165) is 0 Å². The third-order valence-electron chi connectivity index (χ3n) is 6.89. The Hall–Kier alpha value is -2.08. The summed E-state index contributed by atoms with van der Waals surface area (Å²) in [7, 11) is 0. The molecule has 0 nitrogen and oxygen atoms in total. The van der Waals surface area contributed by atoms with Crippen LogP contribution in [-0.4, -0.2) is 0 Å². The topological polar surface area (TPSA) is 0 Å². The zero-order valence-corrected chi connectivity index (χ0v) is 22.8. The zero-order chi connectivity index (χ0) is 24.6. The Morgan fingerprint density at radius 3 is 1.76 bits per heavy atom. The summed E-state index contributed by atoms with van der Waals surface area (Å²) in [6.07, 6.45) is 15.5. The summed E-state index contributed by atoms with van der Waals surface area (Å²) < 4.78 is 0. The minimum absolute atomic E-state index is 0.589. The van der Waals surface area contributed by atoms with Crippen LogP contribution >= 0.6 is 0 Å². The molecule has 0 N–H and O–H groups in total. The predicted molar refractivity (Wildman–Crippen MR) is 154 cm³/mol. The van der Waals surface area contributed by atoms with E-state index in [9.17, 15) is 0 Å². The van der Waals surface area contributed by atoms with Gasteiger partial charge >= 0.3 is 0 Å². The molecule has 3 aromatic carbocycles. The molecule has 0 spiro atoms. The number of fused-ring (bicyclic) bond motifs is 1. The van der Waals surface area contributed by atoms with Gasteiger partial charge in [0, 0.05) is 0 Å². The zero-order valence-electron chi connectivity index (χ0n) is 22.8. The van der Waals surface area contributed by atoms with Crippen molar-refractivity contribution in [1.82, 2.24) is 0 Å². The molecule has 0 bridgehead atoms. The second-order valence-electron chi connectivity index (χ2n) is 10.6. The second-order valence-corrected chi connectivity index (χ2v) is 10.6. The van der Waals surface area contributed by atoms with Gasteiger partial charge in [-0.1, -0.05) is 159 Å². The molecule has 0 unspecified atom stereocenters. The van der Waals surface area contributed by atoms with Crippen molar-refractivity contribution in [1.29, 1.82) is 0 Å². The van der Waals surface area contributed by atoms with E-state index in [4.69, 9.17) is 0 Å². The fourth-order valence-corrected chi connectivity index (χ4v) is 4.64. The molecule has 0 fully saturated rings. The van der Waals surface area contributed by atoms with Crippen molar-refractivity contribution in [3.05, 3.63) is 83.4 Å². The first kappa shape index (κ1) is 28.2. The van der Waals surface area contributed by atoms with Crippen LogP contribution in [0.15, 0.2) is 66.7 Å². The summed E-state index contributed by atoms with van der Waals surface area (Å²) in [5.41, 5.74) is 4.39. The molecule has 3 aromatic rings. The van der Waals surface area contributed by atoms with Crippen LogP contribution in [0.3, 0.4) is 0 Å². The SMILES string of the molecule is CC(C)c1ccc2cccc(C(C)C)c2c1.CCCCCCCCCCCCc1ccccc1. The van der Waals surface area contributed by atoms with E-state index in [-0.39, 0.29) is 0 Å². The Balaban J connectivity index is 0.000000241. The molecule has 34 heavy (non-hydrogen) atoms. The predicted octanol–water partition coefficient (Wildman–Crippen LogP) is 11.2. The normalized spacial score (nSPS) is 11.1. The highest BCUT2D eigenvalue weighted by Gasteiger charge is 2.06. The molecule has 0 heteroatoms. The lowest BCUT2D eigenvalue weighted by Crippen LogP contribution is -1.92. The van der Waals surface area contributed by atoms with Crippen LogP contribution in [0.25, 0.3) is 10.8 Å². The molecule has 0 heterocycles. The molecular weight excluding hydrogens is 408 g/mol. The molecule has 0 saturated heterocycles. The Morgan fingerprint density at radius 1 is 0.559 bits per heavy atom. The standard InChI is InChI=1S/C18H30.C16H20/c1-2-3-4-5-6-7-8-9-10-12-15-18-16-13-11-14-17-18;1-11(2)14-9-8-13-6-5-7-15(12(3)4)16(13)10-14/h11,13-14,16-17H,2-10,12,15H2,1H3;5-12H,1-4H3. The van der Waals surface area contributed by atoms with Crippen molar-refractivity contribution >= 4 is 10.8 Å². The molecular formula is C34H50. The quantitative estimate of drug-likeness (QED) is 0.223.